The van der Waals surface area contributed by atoms with E-state index in [9.17, 15) is 9.90 Å². The Morgan fingerprint density at radius 2 is 1.95 bits per heavy atom. The second kappa shape index (κ2) is 8.35. The maximum atomic E-state index is 11.6. The first-order valence-corrected chi connectivity index (χ1v) is 6.59. The van der Waals surface area contributed by atoms with Crippen molar-refractivity contribution in [2.45, 2.75) is 19.5 Å². The van der Waals surface area contributed by atoms with Gasteiger partial charge in [-0.15, -0.1) is 13.2 Å². The van der Waals surface area contributed by atoms with Crippen molar-refractivity contribution in [1.29, 1.82) is 0 Å². The lowest BCUT2D eigenvalue weighted by Crippen LogP contribution is -2.26. The SMILES string of the molecule is C=CCN(CC=C)Cc1cc(=O)c(O)cn1CCCO. The highest BCUT2D eigenvalue weighted by Crippen LogP contribution is 2.09. The first-order chi connectivity index (χ1) is 9.62. The van der Waals surface area contributed by atoms with Gasteiger partial charge in [0.2, 0.25) is 5.43 Å². The van der Waals surface area contributed by atoms with Gasteiger partial charge in [0.15, 0.2) is 5.75 Å². The Morgan fingerprint density at radius 1 is 1.30 bits per heavy atom. The fraction of sp³-hybridized carbons (Fsp3) is 0.400. The summed E-state index contributed by atoms with van der Waals surface area (Å²) in [6, 6.07) is 1.44. The van der Waals surface area contributed by atoms with Gasteiger partial charge in [0.1, 0.15) is 0 Å². The molecular weight excluding hydrogens is 256 g/mol. The van der Waals surface area contributed by atoms with Crippen molar-refractivity contribution in [2.24, 2.45) is 0 Å². The monoisotopic (exact) mass is 278 g/mol. The second-order valence-electron chi connectivity index (χ2n) is 4.56. The molecule has 0 aliphatic heterocycles. The summed E-state index contributed by atoms with van der Waals surface area (Å²) in [5.41, 5.74) is 0.405. The molecule has 0 unspecified atom stereocenters. The van der Waals surface area contributed by atoms with Gasteiger partial charge >= 0.3 is 0 Å². The van der Waals surface area contributed by atoms with Gasteiger partial charge in [-0.1, -0.05) is 12.2 Å². The lowest BCUT2D eigenvalue weighted by atomic mass is 10.2. The molecular formula is C15H22N2O3. The number of aromatic hydroxyl groups is 1. The van der Waals surface area contributed by atoms with E-state index in [1.165, 1.54) is 12.3 Å². The number of rotatable bonds is 9. The zero-order valence-corrected chi connectivity index (χ0v) is 11.7. The van der Waals surface area contributed by atoms with Crippen molar-refractivity contribution in [1.82, 2.24) is 9.47 Å². The number of aromatic nitrogens is 1. The molecule has 0 saturated heterocycles. The van der Waals surface area contributed by atoms with Gasteiger partial charge in [-0.2, -0.15) is 0 Å². The highest BCUT2D eigenvalue weighted by atomic mass is 16.3. The average Bonchev–Trinajstić information content (AvgIpc) is 2.41. The van der Waals surface area contributed by atoms with E-state index in [1.54, 1.807) is 16.7 Å². The molecule has 1 aromatic heterocycles. The molecule has 0 spiro atoms. The lowest BCUT2D eigenvalue weighted by molar-refractivity contribution is 0.274. The molecule has 5 nitrogen and oxygen atoms in total. The number of pyridine rings is 1. The van der Waals surface area contributed by atoms with Crippen LogP contribution in [0.4, 0.5) is 0 Å². The first-order valence-electron chi connectivity index (χ1n) is 6.59. The molecule has 0 atom stereocenters. The third-order valence-electron chi connectivity index (χ3n) is 2.91. The third-order valence-corrected chi connectivity index (χ3v) is 2.91. The zero-order chi connectivity index (χ0) is 15.0. The molecule has 1 heterocycles. The van der Waals surface area contributed by atoms with Crippen LogP contribution in [0.1, 0.15) is 12.1 Å². The normalized spacial score (nSPS) is 10.7. The second-order valence-corrected chi connectivity index (χ2v) is 4.56. The van der Waals surface area contributed by atoms with Crippen molar-refractivity contribution in [3.63, 3.8) is 0 Å². The molecule has 0 aromatic carbocycles. The van der Waals surface area contributed by atoms with Crippen LogP contribution >= 0.6 is 0 Å². The molecule has 0 fully saturated rings. The molecule has 0 bridgehead atoms. The van der Waals surface area contributed by atoms with E-state index in [1.807, 2.05) is 0 Å². The van der Waals surface area contributed by atoms with E-state index in [2.05, 4.69) is 18.1 Å². The van der Waals surface area contributed by atoms with Crippen molar-refractivity contribution in [3.8, 4) is 5.75 Å². The highest BCUT2D eigenvalue weighted by molar-refractivity contribution is 5.20. The smallest absolute Gasteiger partial charge is 0.223 e. The predicted octanol–water partition coefficient (Wildman–Crippen LogP) is 1.11. The van der Waals surface area contributed by atoms with Crippen LogP contribution < -0.4 is 5.43 Å². The summed E-state index contributed by atoms with van der Waals surface area (Å²) >= 11 is 0. The standard InChI is InChI=1S/C15H22N2O3/c1-3-6-16(7-4-2)11-13-10-14(19)15(20)12-17(13)8-5-9-18/h3-4,10,12,18,20H,1-2,5-9,11H2. The molecule has 2 N–H and O–H groups in total. The van der Waals surface area contributed by atoms with E-state index in [4.69, 9.17) is 5.11 Å². The maximum Gasteiger partial charge on any atom is 0.223 e. The van der Waals surface area contributed by atoms with Crippen LogP contribution in [0.3, 0.4) is 0 Å². The van der Waals surface area contributed by atoms with Crippen LogP contribution in [0, 0.1) is 0 Å². The van der Waals surface area contributed by atoms with E-state index >= 15 is 0 Å². The largest absolute Gasteiger partial charge is 0.503 e. The lowest BCUT2D eigenvalue weighted by Gasteiger charge is -2.21. The fourth-order valence-corrected chi connectivity index (χ4v) is 1.99. The molecule has 5 heteroatoms. The molecule has 1 rings (SSSR count). The summed E-state index contributed by atoms with van der Waals surface area (Å²) in [5.74, 6) is -0.273. The zero-order valence-electron chi connectivity index (χ0n) is 11.7. The van der Waals surface area contributed by atoms with E-state index in [0.717, 1.165) is 5.69 Å². The van der Waals surface area contributed by atoms with Gasteiger partial charge in [0, 0.05) is 44.5 Å². The summed E-state index contributed by atoms with van der Waals surface area (Å²) in [6.07, 6.45) is 5.58. The van der Waals surface area contributed by atoms with Crippen LogP contribution in [0.5, 0.6) is 5.75 Å². The number of hydrogen-bond acceptors (Lipinski definition) is 4. The Labute approximate surface area is 119 Å². The summed E-state index contributed by atoms with van der Waals surface area (Å²) in [5, 5.41) is 18.4. The minimum atomic E-state index is -0.391. The van der Waals surface area contributed by atoms with Crippen LogP contribution in [-0.4, -0.2) is 39.4 Å². The Morgan fingerprint density at radius 3 is 2.50 bits per heavy atom. The van der Waals surface area contributed by atoms with Crippen molar-refractivity contribution < 1.29 is 10.2 Å². The van der Waals surface area contributed by atoms with Gasteiger partial charge in [-0.05, 0) is 6.42 Å². The van der Waals surface area contributed by atoms with Crippen LogP contribution in [0.2, 0.25) is 0 Å². The molecule has 0 saturated carbocycles. The van der Waals surface area contributed by atoms with Crippen molar-refractivity contribution in [3.05, 3.63) is 53.5 Å². The topological polar surface area (TPSA) is 65.7 Å². The third kappa shape index (κ3) is 4.68. The first kappa shape index (κ1) is 16.2. The Balaban J connectivity index is 3.00. The van der Waals surface area contributed by atoms with Gasteiger partial charge < -0.3 is 14.8 Å². The number of nitrogens with zero attached hydrogens (tertiary/aromatic N) is 2. The average molecular weight is 278 g/mol. The van der Waals surface area contributed by atoms with Crippen LogP contribution in [0.25, 0.3) is 0 Å². The highest BCUT2D eigenvalue weighted by Gasteiger charge is 2.09. The van der Waals surface area contributed by atoms with Crippen molar-refractivity contribution >= 4 is 0 Å². The minimum Gasteiger partial charge on any atom is -0.503 e. The van der Waals surface area contributed by atoms with Gasteiger partial charge in [-0.3, -0.25) is 9.69 Å². The Bertz CT molecular complexity index is 498. The molecule has 0 aliphatic carbocycles. The molecule has 0 aliphatic rings. The minimum absolute atomic E-state index is 0.0648. The van der Waals surface area contributed by atoms with Gasteiger partial charge in [0.25, 0.3) is 0 Å². The van der Waals surface area contributed by atoms with E-state index in [0.29, 0.717) is 32.6 Å². The number of aryl methyl sites for hydroxylation is 1. The Hall–Kier alpha value is -1.85. The predicted molar refractivity (Wildman–Crippen MR) is 79.7 cm³/mol. The van der Waals surface area contributed by atoms with Crippen LogP contribution in [-0.2, 0) is 13.1 Å². The number of hydrogen-bond donors (Lipinski definition) is 2. The van der Waals surface area contributed by atoms with Gasteiger partial charge in [-0.25, -0.2) is 0 Å². The summed E-state index contributed by atoms with van der Waals surface area (Å²) in [7, 11) is 0. The number of aliphatic hydroxyl groups is 1. The molecule has 20 heavy (non-hydrogen) atoms. The molecule has 110 valence electrons. The van der Waals surface area contributed by atoms with E-state index < -0.39 is 5.43 Å². The summed E-state index contributed by atoms with van der Waals surface area (Å²) < 4.78 is 1.80. The quantitative estimate of drug-likeness (QED) is 0.664. The Kier molecular flexibility index (Phi) is 6.76. The maximum absolute atomic E-state index is 11.6. The molecule has 0 radical (unpaired) electrons. The molecule has 1 aromatic rings. The number of aliphatic hydroxyl groups excluding tert-OH is 1. The van der Waals surface area contributed by atoms with Crippen molar-refractivity contribution in [2.75, 3.05) is 19.7 Å². The van der Waals surface area contributed by atoms with Gasteiger partial charge in [0.05, 0.1) is 6.20 Å². The summed E-state index contributed by atoms with van der Waals surface area (Å²) in [4.78, 5) is 13.7. The van der Waals surface area contributed by atoms with E-state index in [-0.39, 0.29) is 12.4 Å². The molecule has 0 amide bonds. The fourth-order valence-electron chi connectivity index (χ4n) is 1.99. The van der Waals surface area contributed by atoms with Crippen LogP contribution in [0.15, 0.2) is 42.4 Å². The summed E-state index contributed by atoms with van der Waals surface area (Å²) in [6.45, 7) is 9.95.